The Hall–Kier alpha value is -5.65. The summed E-state index contributed by atoms with van der Waals surface area (Å²) in [5, 5.41) is 30.8. The highest BCUT2D eigenvalue weighted by molar-refractivity contribution is 7.09. The molecule has 0 saturated heterocycles. The molecule has 6 aromatic carbocycles. The van der Waals surface area contributed by atoms with Crippen LogP contribution >= 0.6 is 92.5 Å². The molecule has 0 radical (unpaired) electrons. The molecular formula is C63H72Cl7F2N7O4S. The number of benzene rings is 6. The van der Waals surface area contributed by atoms with Gasteiger partial charge in [-0.15, -0.1) is 11.3 Å². The van der Waals surface area contributed by atoms with Gasteiger partial charge < -0.3 is 45.9 Å². The molecule has 0 unspecified atom stereocenters. The molecule has 0 spiro atoms. The Bertz CT molecular complexity index is 3240. The summed E-state index contributed by atoms with van der Waals surface area (Å²) in [6.07, 6.45) is 3.51. The van der Waals surface area contributed by atoms with Crippen LogP contribution in [0.25, 0.3) is 0 Å². The second-order valence-electron chi connectivity index (χ2n) is 20.0. The van der Waals surface area contributed by atoms with Crippen LogP contribution in [0.3, 0.4) is 0 Å². The maximum absolute atomic E-state index is 13.3. The van der Waals surface area contributed by atoms with Gasteiger partial charge in [0.25, 0.3) is 0 Å². The summed E-state index contributed by atoms with van der Waals surface area (Å²) in [7, 11) is 0. The average Bonchev–Trinajstić information content (AvgIpc) is 4.05. The molecule has 11 nitrogen and oxygen atoms in total. The number of aliphatic hydroxyl groups excluding tert-OH is 1. The van der Waals surface area contributed by atoms with E-state index in [4.69, 9.17) is 101 Å². The second-order valence-corrected chi connectivity index (χ2v) is 23.8. The lowest BCUT2D eigenvalue weighted by molar-refractivity contribution is 0.282. The topological polar surface area (TPSA) is 134 Å². The Morgan fingerprint density at radius 3 is 1.43 bits per heavy atom. The van der Waals surface area contributed by atoms with Gasteiger partial charge in [-0.3, -0.25) is 4.98 Å². The quantitative estimate of drug-likeness (QED) is 0.0408. The second kappa shape index (κ2) is 37.0. The zero-order valence-electron chi connectivity index (χ0n) is 48.4. The predicted molar refractivity (Wildman–Crippen MR) is 353 cm³/mol. The molecule has 2 heterocycles. The van der Waals surface area contributed by atoms with Gasteiger partial charge in [0.15, 0.2) is 5.82 Å². The van der Waals surface area contributed by atoms with Crippen molar-refractivity contribution in [2.45, 2.75) is 126 Å². The van der Waals surface area contributed by atoms with Crippen LogP contribution in [0.4, 0.5) is 37.2 Å². The fourth-order valence-corrected chi connectivity index (χ4v) is 9.14. The van der Waals surface area contributed by atoms with Crippen LogP contribution in [0, 0.1) is 11.6 Å². The predicted octanol–water partition coefficient (Wildman–Crippen LogP) is 20.5. The summed E-state index contributed by atoms with van der Waals surface area (Å²) in [5.41, 5.74) is 6.44. The van der Waals surface area contributed by atoms with Crippen molar-refractivity contribution < 1.29 is 28.1 Å². The monoisotopic (exact) mass is 1310 g/mol. The van der Waals surface area contributed by atoms with E-state index >= 15 is 0 Å². The van der Waals surface area contributed by atoms with E-state index in [1.165, 1.54) is 12.1 Å². The van der Waals surface area contributed by atoms with Gasteiger partial charge in [-0.05, 0) is 183 Å². The van der Waals surface area contributed by atoms with E-state index in [1.54, 1.807) is 54.1 Å². The smallest absolute Gasteiger partial charge is 0.166 e. The van der Waals surface area contributed by atoms with Crippen LogP contribution < -0.4 is 40.8 Å². The minimum Gasteiger partial charge on any atom is -0.487 e. The lowest BCUT2D eigenvalue weighted by atomic mass is 10.2. The summed E-state index contributed by atoms with van der Waals surface area (Å²) < 4.78 is 43.3. The molecule has 21 heteroatoms. The highest BCUT2D eigenvalue weighted by Gasteiger charge is 2.12. The van der Waals surface area contributed by atoms with Gasteiger partial charge in [0.05, 0.1) is 53.8 Å². The lowest BCUT2D eigenvalue weighted by Crippen LogP contribution is -2.11. The number of hydrogen-bond acceptors (Lipinski definition) is 12. The van der Waals surface area contributed by atoms with Gasteiger partial charge in [0.2, 0.25) is 0 Å². The molecule has 8 aromatic rings. The Morgan fingerprint density at radius 1 is 0.464 bits per heavy atom. The summed E-state index contributed by atoms with van der Waals surface area (Å²) in [4.78, 5) is 8.36. The summed E-state index contributed by atoms with van der Waals surface area (Å²) >= 11 is 43.2. The number of aromatic nitrogens is 2. The van der Waals surface area contributed by atoms with E-state index in [0.717, 1.165) is 39.0 Å². The van der Waals surface area contributed by atoms with E-state index in [0.29, 0.717) is 91.0 Å². The molecular weight excluding hydrogens is 1240 g/mol. The third-order valence-electron chi connectivity index (χ3n) is 10.6. The number of pyridine rings is 1. The third kappa shape index (κ3) is 26.3. The van der Waals surface area contributed by atoms with Crippen molar-refractivity contribution in [3.05, 3.63) is 208 Å². The molecule has 452 valence electrons. The average molecular weight is 1310 g/mol. The third-order valence-corrected chi connectivity index (χ3v) is 13.7. The van der Waals surface area contributed by atoms with Crippen LogP contribution in [0.2, 0.25) is 35.2 Å². The van der Waals surface area contributed by atoms with Gasteiger partial charge >= 0.3 is 0 Å². The first kappa shape index (κ1) is 70.8. The van der Waals surface area contributed by atoms with Crippen molar-refractivity contribution in [3.8, 4) is 17.2 Å². The summed E-state index contributed by atoms with van der Waals surface area (Å²) in [6.45, 7) is 21.4. The number of nitrogens with one attached hydrogen (secondary N) is 5. The summed E-state index contributed by atoms with van der Waals surface area (Å²) in [5.74, 6) is 1.17. The molecule has 0 aliphatic rings. The van der Waals surface area contributed by atoms with Crippen molar-refractivity contribution in [1.29, 1.82) is 0 Å². The molecule has 0 bridgehead atoms. The van der Waals surface area contributed by atoms with Gasteiger partial charge in [0.1, 0.15) is 47.9 Å². The molecule has 0 aliphatic carbocycles. The van der Waals surface area contributed by atoms with Gasteiger partial charge in [-0.25, -0.2) is 13.8 Å². The molecule has 0 aliphatic heterocycles. The van der Waals surface area contributed by atoms with Crippen LogP contribution in [0.1, 0.15) is 91.1 Å². The zero-order valence-corrected chi connectivity index (χ0v) is 54.5. The normalized spacial score (nSPS) is 10.6. The number of thiazole rings is 1. The Labute approximate surface area is 532 Å². The molecule has 6 N–H and O–H groups in total. The Kier molecular flexibility index (Phi) is 31.2. The van der Waals surface area contributed by atoms with Crippen molar-refractivity contribution in [2.24, 2.45) is 0 Å². The van der Waals surface area contributed by atoms with Crippen molar-refractivity contribution in [3.63, 3.8) is 0 Å². The largest absolute Gasteiger partial charge is 0.487 e. The highest BCUT2D eigenvalue weighted by Crippen LogP contribution is 2.33. The molecule has 0 saturated carbocycles. The van der Waals surface area contributed by atoms with Crippen molar-refractivity contribution in [1.82, 2.24) is 9.97 Å². The minimum absolute atomic E-state index is 0.0349. The first-order valence-corrected chi connectivity index (χ1v) is 30.3. The van der Waals surface area contributed by atoms with E-state index in [9.17, 15) is 8.78 Å². The lowest BCUT2D eigenvalue weighted by Gasteiger charge is -2.13. The number of anilines is 5. The molecule has 8 rings (SSSR count). The fourth-order valence-electron chi connectivity index (χ4n) is 7.09. The molecule has 2 aromatic heterocycles. The minimum atomic E-state index is -0.497. The van der Waals surface area contributed by atoms with Crippen molar-refractivity contribution in [2.75, 3.05) is 26.6 Å². The van der Waals surface area contributed by atoms with E-state index < -0.39 is 5.82 Å². The van der Waals surface area contributed by atoms with E-state index in [1.807, 2.05) is 112 Å². The maximum Gasteiger partial charge on any atom is 0.166 e. The SMILES string of the molecule is CC(C)Nc1cc(CO)c(Cl)cc1Cl.CC(C)Nc1ccc(Cl)c(Cl)c1F.CC(C)Nc1ccc(OCc2cccc(F)c2)c(Cl)c1.CC(C)Nc1ccc(OCc2ccccn2)c(Cl)c1.CC(C)Nc1ccc(OCc2nccs2)c(Cl)c1. The summed E-state index contributed by atoms with van der Waals surface area (Å²) in [6, 6.07) is 37.1. The number of hydrogen-bond donors (Lipinski definition) is 6. The van der Waals surface area contributed by atoms with E-state index in [2.05, 4.69) is 78.1 Å². The standard InChI is InChI=1S/C16H17ClFNO.C15H17ClN2O.C13H15ClN2OS.C10H13Cl2NO.C9H10Cl2FN/c1-11(2)19-14-6-7-16(15(17)9-14)20-10-12-4-3-5-13(18)8-12;1-11(2)18-12-6-7-15(14(16)9-12)19-10-13-5-3-4-8-17-13;1-9(2)16-10-3-4-12(11(14)7-10)17-8-13-15-5-6-18-13;1-6(2)13-10-3-7(5-14)8(11)4-9(10)12;1-5(2)13-7-4-3-6(10)8(11)9(7)12/h3-9,11,19H,10H2,1-2H3;3-9,11,18H,10H2,1-2H3;3-7,9,16H,8H2,1-2H3;3-4,6,13-14H,5H2,1-2H3;3-5,13H,1-2H3. The van der Waals surface area contributed by atoms with Gasteiger partial charge in [-0.2, -0.15) is 0 Å². The Morgan fingerprint density at radius 2 is 0.976 bits per heavy atom. The van der Waals surface area contributed by atoms with Gasteiger partial charge in [0, 0.05) is 70.1 Å². The first-order chi connectivity index (χ1) is 39.9. The number of ether oxygens (including phenoxy) is 3. The molecule has 0 atom stereocenters. The number of nitrogens with zero attached hydrogens (tertiary/aromatic N) is 2. The highest BCUT2D eigenvalue weighted by atomic mass is 35.5. The van der Waals surface area contributed by atoms with Gasteiger partial charge in [-0.1, -0.05) is 99.4 Å². The number of aliphatic hydroxyl groups is 1. The van der Waals surface area contributed by atoms with E-state index in [-0.39, 0.29) is 35.1 Å². The molecule has 84 heavy (non-hydrogen) atoms. The fraction of sp³-hybridized carbons (Fsp3) is 0.302. The van der Waals surface area contributed by atoms with Crippen molar-refractivity contribution >= 4 is 121 Å². The van der Waals surface area contributed by atoms with Crippen LogP contribution in [0.5, 0.6) is 17.2 Å². The zero-order chi connectivity index (χ0) is 61.9. The van der Waals surface area contributed by atoms with Crippen LogP contribution in [0.15, 0.2) is 139 Å². The van der Waals surface area contributed by atoms with Crippen LogP contribution in [-0.4, -0.2) is 45.3 Å². The molecule has 0 fully saturated rings. The molecule has 0 amide bonds. The first-order valence-electron chi connectivity index (χ1n) is 26.8. The number of halogens is 9. The Balaban J connectivity index is 0.000000227. The van der Waals surface area contributed by atoms with Crippen LogP contribution in [-0.2, 0) is 26.4 Å². The maximum atomic E-state index is 13.3. The number of rotatable bonds is 20.